The lowest BCUT2D eigenvalue weighted by Gasteiger charge is -2.30. The van der Waals surface area contributed by atoms with Crippen LogP contribution in [-0.2, 0) is 4.79 Å². The zero-order chi connectivity index (χ0) is 14.3. The maximum atomic E-state index is 11.9. The molecule has 0 spiro atoms. The maximum absolute atomic E-state index is 11.9. The van der Waals surface area contributed by atoms with Gasteiger partial charge in [0, 0.05) is 13.0 Å². The molecular weight excluding hydrogens is 236 g/mol. The Balaban J connectivity index is 2.23. The second-order valence-electron chi connectivity index (χ2n) is 7.13. The minimum atomic E-state index is 0.221. The summed E-state index contributed by atoms with van der Waals surface area (Å²) < 4.78 is 0. The molecule has 3 nitrogen and oxygen atoms in total. The Hall–Kier alpha value is -0.570. The number of carbonyl (C=O) groups excluding carboxylic acids is 1. The fourth-order valence-electron chi connectivity index (χ4n) is 3.08. The Morgan fingerprint density at radius 3 is 2.42 bits per heavy atom. The van der Waals surface area contributed by atoms with Crippen molar-refractivity contribution in [3.05, 3.63) is 0 Å². The molecule has 1 aliphatic carbocycles. The highest BCUT2D eigenvalue weighted by Gasteiger charge is 2.24. The molecule has 0 aromatic rings. The monoisotopic (exact) mass is 268 g/mol. The van der Waals surface area contributed by atoms with Crippen LogP contribution in [0.1, 0.15) is 65.7 Å². The highest BCUT2D eigenvalue weighted by atomic mass is 16.1. The Bertz CT molecular complexity index is 264. The van der Waals surface area contributed by atoms with Crippen LogP contribution in [0.2, 0.25) is 0 Å². The third-order valence-electron chi connectivity index (χ3n) is 4.52. The number of carbonyl (C=O) groups is 1. The van der Waals surface area contributed by atoms with E-state index in [2.05, 4.69) is 26.1 Å². The molecule has 3 heteroatoms. The normalized spacial score (nSPS) is 18.5. The molecule has 0 aliphatic heterocycles. The van der Waals surface area contributed by atoms with E-state index in [1.54, 1.807) is 0 Å². The molecule has 1 saturated carbocycles. The Morgan fingerprint density at radius 1 is 1.26 bits per heavy atom. The van der Waals surface area contributed by atoms with Crippen LogP contribution in [0, 0.1) is 17.3 Å². The van der Waals surface area contributed by atoms with Gasteiger partial charge in [-0.2, -0.15) is 0 Å². The molecule has 0 heterocycles. The van der Waals surface area contributed by atoms with E-state index in [-0.39, 0.29) is 11.3 Å². The largest absolute Gasteiger partial charge is 0.356 e. The molecule has 0 aromatic heterocycles. The van der Waals surface area contributed by atoms with Crippen LogP contribution >= 0.6 is 0 Å². The molecule has 1 rings (SSSR count). The Morgan fingerprint density at radius 2 is 1.89 bits per heavy atom. The number of nitrogens with one attached hydrogen (secondary N) is 1. The lowest BCUT2D eigenvalue weighted by molar-refractivity contribution is -0.121. The molecule has 1 fully saturated rings. The van der Waals surface area contributed by atoms with E-state index < -0.39 is 0 Å². The summed E-state index contributed by atoms with van der Waals surface area (Å²) in [5.41, 5.74) is 5.91. The first-order valence-electron chi connectivity index (χ1n) is 7.90. The standard InChI is InChI=1S/C16H32N2O/c1-16(2,3)14(10-11-17)8-9-15(19)18-12-13-6-4-5-7-13/h13-14H,4-12,17H2,1-3H3,(H,18,19). The third kappa shape index (κ3) is 6.42. The first-order chi connectivity index (χ1) is 8.93. The van der Waals surface area contributed by atoms with E-state index in [0.29, 0.717) is 18.9 Å². The van der Waals surface area contributed by atoms with Crippen molar-refractivity contribution < 1.29 is 4.79 Å². The van der Waals surface area contributed by atoms with Crippen LogP contribution < -0.4 is 11.1 Å². The molecule has 1 amide bonds. The minimum Gasteiger partial charge on any atom is -0.356 e. The van der Waals surface area contributed by atoms with Gasteiger partial charge in [-0.25, -0.2) is 0 Å². The quantitative estimate of drug-likeness (QED) is 0.745. The van der Waals surface area contributed by atoms with Crippen LogP contribution in [0.5, 0.6) is 0 Å². The third-order valence-corrected chi connectivity index (χ3v) is 4.52. The predicted octanol–water partition coefficient (Wildman–Crippen LogP) is 3.08. The van der Waals surface area contributed by atoms with E-state index in [1.165, 1.54) is 25.7 Å². The van der Waals surface area contributed by atoms with Gasteiger partial charge < -0.3 is 11.1 Å². The summed E-state index contributed by atoms with van der Waals surface area (Å²) in [5, 5.41) is 3.10. The number of amides is 1. The number of hydrogen-bond acceptors (Lipinski definition) is 2. The zero-order valence-corrected chi connectivity index (χ0v) is 13.0. The number of nitrogens with two attached hydrogens (primary N) is 1. The minimum absolute atomic E-state index is 0.221. The summed E-state index contributed by atoms with van der Waals surface area (Å²) >= 11 is 0. The van der Waals surface area contributed by atoms with E-state index in [4.69, 9.17) is 5.73 Å². The maximum Gasteiger partial charge on any atom is 0.220 e. The molecule has 0 radical (unpaired) electrons. The van der Waals surface area contributed by atoms with Crippen LogP contribution in [0.3, 0.4) is 0 Å². The van der Waals surface area contributed by atoms with Gasteiger partial charge >= 0.3 is 0 Å². The summed E-state index contributed by atoms with van der Waals surface area (Å²) in [7, 11) is 0. The highest BCUT2D eigenvalue weighted by molar-refractivity contribution is 5.75. The number of hydrogen-bond donors (Lipinski definition) is 2. The molecule has 3 N–H and O–H groups in total. The van der Waals surface area contributed by atoms with Crippen LogP contribution in [-0.4, -0.2) is 19.0 Å². The molecule has 1 unspecified atom stereocenters. The van der Waals surface area contributed by atoms with E-state index in [0.717, 1.165) is 25.3 Å². The highest BCUT2D eigenvalue weighted by Crippen LogP contribution is 2.32. The van der Waals surface area contributed by atoms with Gasteiger partial charge in [-0.05, 0) is 49.5 Å². The molecule has 1 atom stereocenters. The summed E-state index contributed by atoms with van der Waals surface area (Å²) in [5.74, 6) is 1.49. The van der Waals surface area contributed by atoms with Crippen molar-refractivity contribution in [3.63, 3.8) is 0 Å². The fraction of sp³-hybridized carbons (Fsp3) is 0.938. The summed E-state index contributed by atoms with van der Waals surface area (Å²) in [4.78, 5) is 11.9. The second kappa shape index (κ2) is 7.88. The van der Waals surface area contributed by atoms with Crippen molar-refractivity contribution in [2.45, 2.75) is 65.7 Å². The van der Waals surface area contributed by atoms with Gasteiger partial charge in [-0.3, -0.25) is 4.79 Å². The lowest BCUT2D eigenvalue weighted by Crippen LogP contribution is -2.30. The topological polar surface area (TPSA) is 55.1 Å². The Kier molecular flexibility index (Phi) is 6.84. The van der Waals surface area contributed by atoms with Gasteiger partial charge in [0.1, 0.15) is 0 Å². The van der Waals surface area contributed by atoms with Crippen LogP contribution in [0.25, 0.3) is 0 Å². The second-order valence-corrected chi connectivity index (χ2v) is 7.13. The zero-order valence-electron chi connectivity index (χ0n) is 13.0. The number of rotatable bonds is 7. The molecule has 0 saturated heterocycles. The fourth-order valence-corrected chi connectivity index (χ4v) is 3.08. The van der Waals surface area contributed by atoms with Crippen molar-refractivity contribution in [3.8, 4) is 0 Å². The summed E-state index contributed by atoms with van der Waals surface area (Å²) in [6, 6.07) is 0. The molecule has 19 heavy (non-hydrogen) atoms. The molecular formula is C16H32N2O. The molecule has 0 aromatic carbocycles. The van der Waals surface area contributed by atoms with Crippen LogP contribution in [0.15, 0.2) is 0 Å². The van der Waals surface area contributed by atoms with Gasteiger partial charge in [0.15, 0.2) is 0 Å². The van der Waals surface area contributed by atoms with Crippen LogP contribution in [0.4, 0.5) is 0 Å². The summed E-state index contributed by atoms with van der Waals surface area (Å²) in [6.07, 6.45) is 7.87. The Labute approximate surface area is 118 Å². The molecule has 0 bridgehead atoms. The molecule has 1 aliphatic rings. The SMILES string of the molecule is CC(C)(C)C(CCN)CCC(=O)NCC1CCCC1. The van der Waals surface area contributed by atoms with Gasteiger partial charge in [-0.1, -0.05) is 33.6 Å². The van der Waals surface area contributed by atoms with Gasteiger partial charge in [0.05, 0.1) is 0 Å². The predicted molar refractivity (Wildman–Crippen MR) is 80.8 cm³/mol. The van der Waals surface area contributed by atoms with Gasteiger partial charge in [-0.15, -0.1) is 0 Å². The van der Waals surface area contributed by atoms with Gasteiger partial charge in [0.2, 0.25) is 5.91 Å². The first-order valence-corrected chi connectivity index (χ1v) is 7.90. The lowest BCUT2D eigenvalue weighted by atomic mass is 9.76. The molecule has 112 valence electrons. The average molecular weight is 268 g/mol. The van der Waals surface area contributed by atoms with E-state index in [1.807, 2.05) is 0 Å². The van der Waals surface area contributed by atoms with Crippen molar-refractivity contribution in [2.75, 3.05) is 13.1 Å². The van der Waals surface area contributed by atoms with Crippen molar-refractivity contribution in [1.29, 1.82) is 0 Å². The van der Waals surface area contributed by atoms with E-state index in [9.17, 15) is 4.79 Å². The summed E-state index contributed by atoms with van der Waals surface area (Å²) in [6.45, 7) is 8.32. The van der Waals surface area contributed by atoms with Gasteiger partial charge in [0.25, 0.3) is 0 Å². The van der Waals surface area contributed by atoms with Crippen molar-refractivity contribution in [2.24, 2.45) is 23.0 Å². The average Bonchev–Trinajstić information content (AvgIpc) is 2.83. The van der Waals surface area contributed by atoms with Crippen molar-refractivity contribution in [1.82, 2.24) is 5.32 Å². The van der Waals surface area contributed by atoms with E-state index >= 15 is 0 Å². The first kappa shape index (κ1) is 16.5. The van der Waals surface area contributed by atoms with Crippen molar-refractivity contribution >= 4 is 5.91 Å². The smallest absolute Gasteiger partial charge is 0.220 e.